The fourth-order valence-corrected chi connectivity index (χ4v) is 10.2. The highest BCUT2D eigenvalue weighted by Crippen LogP contribution is 2.18. The molecule has 0 saturated heterocycles. The molecule has 0 aliphatic carbocycles. The largest absolute Gasteiger partial charge is 0.466 e. The third-order valence-corrected chi connectivity index (χ3v) is 15.2. The number of nitrogens with one attached hydrogen (secondary N) is 1. The zero-order chi connectivity index (χ0) is 52.2. The molecular formula is C66H127NO5. The molecule has 0 aliphatic rings. The second-order valence-corrected chi connectivity index (χ2v) is 22.5. The van der Waals surface area contributed by atoms with Crippen LogP contribution in [0.1, 0.15) is 361 Å². The number of rotatable bonds is 61. The van der Waals surface area contributed by atoms with E-state index in [0.29, 0.717) is 19.4 Å². The van der Waals surface area contributed by atoms with Gasteiger partial charge in [0.2, 0.25) is 5.91 Å². The van der Waals surface area contributed by atoms with E-state index in [1.165, 1.54) is 289 Å². The number of carbonyl (C=O) groups is 2. The predicted octanol–water partition coefficient (Wildman–Crippen LogP) is 20.6. The molecule has 72 heavy (non-hydrogen) atoms. The van der Waals surface area contributed by atoms with Crippen LogP contribution in [0.15, 0.2) is 24.3 Å². The third-order valence-electron chi connectivity index (χ3n) is 15.2. The summed E-state index contributed by atoms with van der Waals surface area (Å²) in [6.07, 6.45) is 76.5. The number of unbranched alkanes of at least 4 members (excludes halogenated alkanes) is 48. The molecule has 2 atom stereocenters. The summed E-state index contributed by atoms with van der Waals surface area (Å²) in [6.45, 7) is 4.92. The van der Waals surface area contributed by atoms with Gasteiger partial charge in [0.05, 0.1) is 25.4 Å². The Morgan fingerprint density at radius 2 is 0.653 bits per heavy atom. The summed E-state index contributed by atoms with van der Waals surface area (Å²) < 4.78 is 5.50. The molecule has 2 unspecified atom stereocenters. The lowest BCUT2D eigenvalue weighted by molar-refractivity contribution is -0.143. The van der Waals surface area contributed by atoms with E-state index >= 15 is 0 Å². The molecule has 3 N–H and O–H groups in total. The average Bonchev–Trinajstić information content (AvgIpc) is 3.38. The number of carbonyl (C=O) groups excluding carboxylic acids is 2. The maximum absolute atomic E-state index is 12.5. The number of amides is 1. The summed E-state index contributed by atoms with van der Waals surface area (Å²) in [6, 6.07) is -0.628. The summed E-state index contributed by atoms with van der Waals surface area (Å²) in [4.78, 5) is 24.6. The van der Waals surface area contributed by atoms with Crippen molar-refractivity contribution >= 4 is 11.9 Å². The van der Waals surface area contributed by atoms with E-state index in [-0.39, 0.29) is 18.5 Å². The fourth-order valence-electron chi connectivity index (χ4n) is 10.2. The molecule has 0 rings (SSSR count). The molecule has 0 aromatic rings. The molecular weight excluding hydrogens is 887 g/mol. The quantitative estimate of drug-likeness (QED) is 0.0320. The number of hydrogen-bond donors (Lipinski definition) is 3. The minimum atomic E-state index is -0.845. The summed E-state index contributed by atoms with van der Waals surface area (Å²) >= 11 is 0. The topological polar surface area (TPSA) is 95.9 Å². The van der Waals surface area contributed by atoms with Crippen molar-refractivity contribution in [2.24, 2.45) is 0 Å². The van der Waals surface area contributed by atoms with Crippen molar-refractivity contribution in [1.29, 1.82) is 0 Å². The van der Waals surface area contributed by atoms with Crippen LogP contribution in [0.4, 0.5) is 0 Å². The van der Waals surface area contributed by atoms with Crippen molar-refractivity contribution in [3.63, 3.8) is 0 Å². The number of allylic oxidation sites excluding steroid dienone is 3. The van der Waals surface area contributed by atoms with Gasteiger partial charge >= 0.3 is 5.97 Å². The van der Waals surface area contributed by atoms with Gasteiger partial charge < -0.3 is 20.3 Å². The van der Waals surface area contributed by atoms with Crippen LogP contribution in [0.3, 0.4) is 0 Å². The van der Waals surface area contributed by atoms with Gasteiger partial charge in [-0.25, -0.2) is 0 Å². The highest BCUT2D eigenvalue weighted by molar-refractivity contribution is 5.76. The fraction of sp³-hybridized carbons (Fsp3) is 0.909. The minimum absolute atomic E-state index is 0.0115. The molecule has 426 valence electrons. The first-order valence-electron chi connectivity index (χ1n) is 32.6. The molecule has 0 radical (unpaired) electrons. The molecule has 6 heteroatoms. The number of hydrogen-bond acceptors (Lipinski definition) is 5. The highest BCUT2D eigenvalue weighted by Gasteiger charge is 2.18. The lowest BCUT2D eigenvalue weighted by Gasteiger charge is -2.20. The van der Waals surface area contributed by atoms with Gasteiger partial charge in [0.25, 0.3) is 0 Å². The molecule has 0 heterocycles. The van der Waals surface area contributed by atoms with Crippen molar-refractivity contribution in [2.75, 3.05) is 13.2 Å². The summed E-state index contributed by atoms with van der Waals surface area (Å²) in [5.74, 6) is -0.0554. The Labute approximate surface area is 450 Å². The smallest absolute Gasteiger partial charge is 0.305 e. The van der Waals surface area contributed by atoms with Crippen LogP contribution in [-0.2, 0) is 14.3 Å². The summed E-state index contributed by atoms with van der Waals surface area (Å²) in [5, 5.41) is 23.1. The van der Waals surface area contributed by atoms with E-state index < -0.39 is 12.1 Å². The van der Waals surface area contributed by atoms with Gasteiger partial charge in [-0.1, -0.05) is 314 Å². The van der Waals surface area contributed by atoms with E-state index in [1.807, 2.05) is 6.08 Å². The van der Waals surface area contributed by atoms with Crippen LogP contribution < -0.4 is 5.32 Å². The Morgan fingerprint density at radius 1 is 0.375 bits per heavy atom. The maximum atomic E-state index is 12.5. The standard InChI is InChI=1S/C66H127NO5/c1-3-5-7-9-11-13-15-17-19-20-24-28-32-36-40-44-48-52-56-60-66(71)72-61-57-53-49-45-41-37-33-29-26-23-21-22-25-27-31-35-39-43-47-51-55-59-65(70)67-63(62-68)64(69)58-54-50-46-42-38-34-30-18-16-14-12-10-8-6-4-2/h17,19,54,58,63-64,68-69H,3-16,18,20-53,55-57,59-62H2,1-2H3,(H,67,70)/b19-17-,58-54+. The highest BCUT2D eigenvalue weighted by atomic mass is 16.5. The van der Waals surface area contributed by atoms with E-state index in [0.717, 1.165) is 44.9 Å². The normalized spacial score (nSPS) is 12.7. The molecule has 1 amide bonds. The third kappa shape index (κ3) is 57.6. The van der Waals surface area contributed by atoms with Crippen LogP contribution in [0.2, 0.25) is 0 Å². The molecule has 0 aromatic carbocycles. The van der Waals surface area contributed by atoms with E-state index in [1.54, 1.807) is 6.08 Å². The lowest BCUT2D eigenvalue weighted by atomic mass is 10.0. The Kier molecular flexibility index (Phi) is 60.5. The van der Waals surface area contributed by atoms with E-state index in [9.17, 15) is 19.8 Å². The van der Waals surface area contributed by atoms with Crippen molar-refractivity contribution in [3.8, 4) is 0 Å². The summed E-state index contributed by atoms with van der Waals surface area (Å²) in [7, 11) is 0. The number of aliphatic hydroxyl groups excluding tert-OH is 2. The second kappa shape index (κ2) is 61.9. The molecule has 0 fully saturated rings. The number of aliphatic hydroxyl groups is 2. The first kappa shape index (κ1) is 70.3. The van der Waals surface area contributed by atoms with Crippen molar-refractivity contribution in [2.45, 2.75) is 373 Å². The molecule has 0 bridgehead atoms. The Balaban J connectivity index is 3.38. The predicted molar refractivity (Wildman–Crippen MR) is 315 cm³/mol. The SMILES string of the molecule is CCCCCCCC/C=C\CCCCCCCCCCCC(=O)OCCCCCCCCCCCCCCCCCCCCCCCC(=O)NC(CO)C(O)/C=C/CCCCCCCCCCCCCCC. The maximum Gasteiger partial charge on any atom is 0.305 e. The van der Waals surface area contributed by atoms with Crippen LogP contribution in [0.25, 0.3) is 0 Å². The summed E-state index contributed by atoms with van der Waals surface area (Å²) in [5.41, 5.74) is 0. The lowest BCUT2D eigenvalue weighted by Crippen LogP contribution is -2.45. The molecule has 0 saturated carbocycles. The van der Waals surface area contributed by atoms with Crippen LogP contribution >= 0.6 is 0 Å². The van der Waals surface area contributed by atoms with Crippen LogP contribution in [0, 0.1) is 0 Å². The molecule has 0 aromatic heterocycles. The van der Waals surface area contributed by atoms with Crippen LogP contribution in [0.5, 0.6) is 0 Å². The van der Waals surface area contributed by atoms with Gasteiger partial charge in [-0.3, -0.25) is 9.59 Å². The minimum Gasteiger partial charge on any atom is -0.466 e. The van der Waals surface area contributed by atoms with Crippen molar-refractivity contribution in [1.82, 2.24) is 5.32 Å². The Bertz CT molecular complexity index is 1120. The van der Waals surface area contributed by atoms with E-state index in [2.05, 4.69) is 31.3 Å². The average molecular weight is 1010 g/mol. The van der Waals surface area contributed by atoms with Gasteiger partial charge in [0.15, 0.2) is 0 Å². The molecule has 6 nitrogen and oxygen atoms in total. The first-order valence-corrected chi connectivity index (χ1v) is 32.6. The Morgan fingerprint density at radius 3 is 0.986 bits per heavy atom. The van der Waals surface area contributed by atoms with Gasteiger partial charge in [-0.05, 0) is 57.8 Å². The molecule has 0 aliphatic heterocycles. The van der Waals surface area contributed by atoms with Crippen LogP contribution in [-0.4, -0.2) is 47.4 Å². The van der Waals surface area contributed by atoms with Crippen molar-refractivity contribution < 1.29 is 24.5 Å². The van der Waals surface area contributed by atoms with E-state index in [4.69, 9.17) is 4.74 Å². The molecule has 0 spiro atoms. The van der Waals surface area contributed by atoms with Crippen molar-refractivity contribution in [3.05, 3.63) is 24.3 Å². The second-order valence-electron chi connectivity index (χ2n) is 22.5. The zero-order valence-corrected chi connectivity index (χ0v) is 48.7. The van der Waals surface area contributed by atoms with Gasteiger partial charge in [-0.15, -0.1) is 0 Å². The zero-order valence-electron chi connectivity index (χ0n) is 48.7. The Hall–Kier alpha value is -1.66. The van der Waals surface area contributed by atoms with Gasteiger partial charge in [0, 0.05) is 12.8 Å². The monoisotopic (exact) mass is 1010 g/mol. The first-order chi connectivity index (χ1) is 35.5. The van der Waals surface area contributed by atoms with Gasteiger partial charge in [0.1, 0.15) is 0 Å². The number of ether oxygens (including phenoxy) is 1. The number of esters is 1. The van der Waals surface area contributed by atoms with Gasteiger partial charge in [-0.2, -0.15) is 0 Å².